The number of hydrogen-bond donors (Lipinski definition) is 1. The van der Waals surface area contributed by atoms with Gasteiger partial charge < -0.3 is 14.6 Å². The first-order valence-corrected chi connectivity index (χ1v) is 11.1. The van der Waals surface area contributed by atoms with Gasteiger partial charge in [-0.25, -0.2) is 0 Å². The summed E-state index contributed by atoms with van der Waals surface area (Å²) < 4.78 is 8.60. The maximum absolute atomic E-state index is 12.3. The Morgan fingerprint density at radius 3 is 2.69 bits per heavy atom. The van der Waals surface area contributed by atoms with Crippen LogP contribution in [-0.4, -0.2) is 26.4 Å². The largest absolute Gasteiger partial charge is 0.486 e. The molecule has 152 valence electrons. The van der Waals surface area contributed by atoms with Crippen LogP contribution in [0.25, 0.3) is 0 Å². The summed E-state index contributed by atoms with van der Waals surface area (Å²) in [6, 6.07) is 13.2. The Balaban J connectivity index is 1.58. The molecule has 0 saturated heterocycles. The third-order valence-electron chi connectivity index (χ3n) is 4.04. The van der Waals surface area contributed by atoms with Gasteiger partial charge >= 0.3 is 0 Å². The Labute approximate surface area is 187 Å². The van der Waals surface area contributed by atoms with Crippen molar-refractivity contribution in [1.82, 2.24) is 14.8 Å². The van der Waals surface area contributed by atoms with E-state index >= 15 is 0 Å². The Morgan fingerprint density at radius 2 is 2.00 bits per heavy atom. The van der Waals surface area contributed by atoms with Crippen molar-refractivity contribution in [3.8, 4) is 5.75 Å². The zero-order chi connectivity index (χ0) is 20.8. The van der Waals surface area contributed by atoms with E-state index in [-0.39, 0.29) is 11.7 Å². The fraction of sp³-hybridized carbons (Fsp3) is 0.250. The molecule has 0 fully saturated rings. The molecule has 0 spiro atoms. The van der Waals surface area contributed by atoms with Crippen LogP contribution in [0, 0.1) is 6.92 Å². The molecular formula is C20H20BrClN4O2S. The number of aryl methyl sites for hydroxylation is 1. The highest BCUT2D eigenvalue weighted by molar-refractivity contribution is 9.10. The average molecular weight is 496 g/mol. The molecule has 0 bridgehead atoms. The number of nitrogens with zero attached hydrogens (tertiary/aromatic N) is 3. The Bertz CT molecular complexity index is 995. The lowest BCUT2D eigenvalue weighted by atomic mass is 10.2. The molecule has 29 heavy (non-hydrogen) atoms. The first-order valence-electron chi connectivity index (χ1n) is 8.95. The lowest BCUT2D eigenvalue weighted by Crippen LogP contribution is -2.15. The summed E-state index contributed by atoms with van der Waals surface area (Å²) in [5.41, 5.74) is 1.75. The number of carbonyl (C=O) groups is 1. The van der Waals surface area contributed by atoms with Crippen molar-refractivity contribution in [3.05, 3.63) is 63.3 Å². The topological polar surface area (TPSA) is 69.0 Å². The predicted molar refractivity (Wildman–Crippen MR) is 120 cm³/mol. The first kappa shape index (κ1) is 21.7. The quantitative estimate of drug-likeness (QED) is 0.428. The van der Waals surface area contributed by atoms with E-state index in [0.717, 1.165) is 10.2 Å². The van der Waals surface area contributed by atoms with Crippen molar-refractivity contribution in [2.75, 3.05) is 11.1 Å². The predicted octanol–water partition coefficient (Wildman–Crippen LogP) is 5.33. The molecule has 9 heteroatoms. The van der Waals surface area contributed by atoms with Gasteiger partial charge in [0.15, 0.2) is 11.0 Å². The lowest BCUT2D eigenvalue weighted by Gasteiger charge is -2.10. The smallest absolute Gasteiger partial charge is 0.234 e. The molecule has 1 amide bonds. The molecule has 0 aliphatic rings. The second kappa shape index (κ2) is 10.1. The number of amides is 1. The maximum atomic E-state index is 12.3. The van der Waals surface area contributed by atoms with E-state index < -0.39 is 0 Å². The van der Waals surface area contributed by atoms with Gasteiger partial charge in [0.25, 0.3) is 0 Å². The minimum absolute atomic E-state index is 0.165. The Hall–Kier alpha value is -2.03. The van der Waals surface area contributed by atoms with E-state index in [2.05, 4.69) is 31.4 Å². The van der Waals surface area contributed by atoms with Crippen molar-refractivity contribution in [2.45, 2.75) is 32.2 Å². The zero-order valence-corrected chi connectivity index (χ0v) is 19.1. The molecule has 1 heterocycles. The van der Waals surface area contributed by atoms with Crippen LogP contribution < -0.4 is 10.1 Å². The number of benzene rings is 2. The molecule has 2 aromatic carbocycles. The second-order valence-electron chi connectivity index (χ2n) is 6.21. The van der Waals surface area contributed by atoms with Crippen LogP contribution in [0.2, 0.25) is 5.02 Å². The lowest BCUT2D eigenvalue weighted by molar-refractivity contribution is -0.113. The molecule has 1 N–H and O–H groups in total. The Kier molecular flexibility index (Phi) is 7.57. The number of ether oxygens (including phenoxy) is 1. The van der Waals surface area contributed by atoms with Crippen LogP contribution in [0.1, 0.15) is 18.3 Å². The summed E-state index contributed by atoms with van der Waals surface area (Å²) in [7, 11) is 0. The summed E-state index contributed by atoms with van der Waals surface area (Å²) >= 11 is 10.8. The van der Waals surface area contributed by atoms with Gasteiger partial charge in [-0.3, -0.25) is 4.79 Å². The van der Waals surface area contributed by atoms with E-state index in [1.54, 1.807) is 12.1 Å². The van der Waals surface area contributed by atoms with E-state index in [1.807, 2.05) is 48.7 Å². The Morgan fingerprint density at radius 1 is 1.24 bits per heavy atom. The molecule has 1 aromatic heterocycles. The van der Waals surface area contributed by atoms with Gasteiger partial charge in [-0.1, -0.05) is 57.0 Å². The first-order chi connectivity index (χ1) is 14.0. The zero-order valence-electron chi connectivity index (χ0n) is 16.0. The van der Waals surface area contributed by atoms with Gasteiger partial charge in [-0.2, -0.15) is 0 Å². The van der Waals surface area contributed by atoms with E-state index in [0.29, 0.717) is 34.8 Å². The summed E-state index contributed by atoms with van der Waals surface area (Å²) in [5.74, 6) is 1.53. The van der Waals surface area contributed by atoms with Gasteiger partial charge in [0, 0.05) is 11.0 Å². The highest BCUT2D eigenvalue weighted by Gasteiger charge is 2.14. The number of nitrogens with one attached hydrogen (secondary N) is 1. The molecule has 0 saturated carbocycles. The number of carbonyl (C=O) groups excluding carboxylic acids is 1. The molecule has 3 aromatic rings. The van der Waals surface area contributed by atoms with Crippen molar-refractivity contribution >= 4 is 50.9 Å². The van der Waals surface area contributed by atoms with Crippen LogP contribution in [0.3, 0.4) is 0 Å². The van der Waals surface area contributed by atoms with Gasteiger partial charge in [0.05, 0.1) is 16.5 Å². The molecule has 6 nitrogen and oxygen atoms in total. The fourth-order valence-electron chi connectivity index (χ4n) is 2.54. The second-order valence-corrected chi connectivity index (χ2v) is 8.47. The van der Waals surface area contributed by atoms with Gasteiger partial charge in [-0.15, -0.1) is 10.2 Å². The number of halogens is 2. The number of rotatable bonds is 8. The average Bonchev–Trinajstić information content (AvgIpc) is 3.10. The van der Waals surface area contributed by atoms with Gasteiger partial charge in [0.1, 0.15) is 12.4 Å². The van der Waals surface area contributed by atoms with Crippen LogP contribution in [0.5, 0.6) is 5.75 Å². The molecule has 0 unspecified atom stereocenters. The number of hydrogen-bond acceptors (Lipinski definition) is 5. The SMILES string of the molecule is CCn1c(COc2ccc(C)cc2)nnc1SCC(=O)Nc1ccc(Br)cc1Cl. The molecule has 3 rings (SSSR count). The molecule has 0 atom stereocenters. The minimum Gasteiger partial charge on any atom is -0.486 e. The fourth-order valence-corrected chi connectivity index (χ4v) is 4.08. The highest BCUT2D eigenvalue weighted by Crippen LogP contribution is 2.26. The summed E-state index contributed by atoms with van der Waals surface area (Å²) in [6.45, 7) is 5.03. The minimum atomic E-state index is -0.165. The third-order valence-corrected chi connectivity index (χ3v) is 5.81. The molecular weight excluding hydrogens is 476 g/mol. The third kappa shape index (κ3) is 5.98. The monoisotopic (exact) mass is 494 g/mol. The molecule has 0 aliphatic heterocycles. The van der Waals surface area contributed by atoms with Crippen LogP contribution >= 0.6 is 39.3 Å². The standard InChI is InChI=1S/C20H20BrClN4O2S/c1-3-26-18(11-28-15-7-4-13(2)5-8-15)24-25-20(26)29-12-19(27)23-17-9-6-14(21)10-16(17)22/h4-10H,3,11-12H2,1-2H3,(H,23,27). The molecule has 0 radical (unpaired) electrons. The normalized spacial score (nSPS) is 10.8. The maximum Gasteiger partial charge on any atom is 0.234 e. The molecule has 0 aliphatic carbocycles. The van der Waals surface area contributed by atoms with Crippen molar-refractivity contribution < 1.29 is 9.53 Å². The van der Waals surface area contributed by atoms with Gasteiger partial charge in [-0.05, 0) is 44.2 Å². The number of aromatic nitrogens is 3. The van der Waals surface area contributed by atoms with Crippen molar-refractivity contribution in [2.24, 2.45) is 0 Å². The van der Waals surface area contributed by atoms with Crippen molar-refractivity contribution in [3.63, 3.8) is 0 Å². The number of anilines is 1. The van der Waals surface area contributed by atoms with E-state index in [1.165, 1.54) is 17.3 Å². The van der Waals surface area contributed by atoms with E-state index in [4.69, 9.17) is 16.3 Å². The summed E-state index contributed by atoms with van der Waals surface area (Å²) in [4.78, 5) is 12.3. The van der Waals surface area contributed by atoms with E-state index in [9.17, 15) is 4.79 Å². The van der Waals surface area contributed by atoms with Crippen LogP contribution in [0.15, 0.2) is 52.1 Å². The highest BCUT2D eigenvalue weighted by atomic mass is 79.9. The summed E-state index contributed by atoms with van der Waals surface area (Å²) in [6.07, 6.45) is 0. The van der Waals surface area contributed by atoms with Gasteiger partial charge in [0.2, 0.25) is 5.91 Å². The summed E-state index contributed by atoms with van der Waals surface area (Å²) in [5, 5.41) is 12.4. The van der Waals surface area contributed by atoms with Crippen molar-refractivity contribution in [1.29, 1.82) is 0 Å². The number of thioether (sulfide) groups is 1. The van der Waals surface area contributed by atoms with Crippen LogP contribution in [-0.2, 0) is 17.9 Å². The van der Waals surface area contributed by atoms with Crippen LogP contribution in [0.4, 0.5) is 5.69 Å².